The first kappa shape index (κ1) is 20.1. The largest absolute Gasteiger partial charge is 0.481 e. The van der Waals surface area contributed by atoms with Gasteiger partial charge in [0.15, 0.2) is 6.10 Å². The van der Waals surface area contributed by atoms with Crippen LogP contribution in [0, 0.1) is 0 Å². The molecule has 0 aliphatic rings. The molecule has 0 fully saturated rings. The van der Waals surface area contributed by atoms with Gasteiger partial charge in [0.25, 0.3) is 5.91 Å². The van der Waals surface area contributed by atoms with Crippen LogP contribution < -0.4 is 10.1 Å². The van der Waals surface area contributed by atoms with Crippen LogP contribution in [0.1, 0.15) is 12.5 Å². The monoisotopic (exact) mass is 393 g/mol. The third-order valence-electron chi connectivity index (χ3n) is 3.54. The molecule has 2 unspecified atom stereocenters. The molecule has 2 aromatic carbocycles. The van der Waals surface area contributed by atoms with E-state index in [1.54, 1.807) is 37.3 Å². The van der Waals surface area contributed by atoms with E-state index in [-0.39, 0.29) is 5.75 Å². The van der Waals surface area contributed by atoms with E-state index in [0.717, 1.165) is 5.56 Å². The number of carboxylic acids is 1. The van der Waals surface area contributed by atoms with Crippen molar-refractivity contribution in [2.45, 2.75) is 24.8 Å². The molecule has 0 aliphatic heterocycles. The maximum absolute atomic E-state index is 12.2. The number of rotatable bonds is 9. The Morgan fingerprint density at radius 2 is 1.81 bits per heavy atom. The molecule has 0 heterocycles. The Bertz CT molecular complexity index is 741. The van der Waals surface area contributed by atoms with Crippen LogP contribution in [0.25, 0.3) is 0 Å². The Kier molecular flexibility index (Phi) is 7.81. The summed E-state index contributed by atoms with van der Waals surface area (Å²) in [6, 6.07) is 15.3. The van der Waals surface area contributed by atoms with Crippen LogP contribution in [-0.4, -0.2) is 34.9 Å². The summed E-state index contributed by atoms with van der Waals surface area (Å²) in [6.07, 6.45) is -0.798. The zero-order chi connectivity index (χ0) is 18.9. The molecule has 2 rings (SSSR count). The van der Waals surface area contributed by atoms with E-state index in [4.69, 9.17) is 16.3 Å². The molecule has 0 radical (unpaired) electrons. The number of carbonyl (C=O) groups excluding carboxylic acids is 1. The number of ether oxygens (including phenoxy) is 1. The fourth-order valence-corrected chi connectivity index (χ4v) is 3.46. The fourth-order valence-electron chi connectivity index (χ4n) is 2.12. The molecule has 0 saturated heterocycles. The van der Waals surface area contributed by atoms with Crippen molar-refractivity contribution in [3.8, 4) is 5.75 Å². The van der Waals surface area contributed by atoms with E-state index in [2.05, 4.69) is 5.32 Å². The summed E-state index contributed by atoms with van der Waals surface area (Å²) >= 11 is 7.48. The third-order valence-corrected chi connectivity index (χ3v) is 4.99. The number of thioether (sulfide) groups is 1. The standard InChI is InChI=1S/C19H20ClNO4S/c1-13(25-15-8-3-2-4-9-15)18(22)21-17(19(23)24)12-26-11-14-7-5-6-10-16(14)20/h2-10,13,17H,11-12H2,1H3,(H,21,22)(H,23,24). The zero-order valence-corrected chi connectivity index (χ0v) is 15.8. The molecule has 0 aromatic heterocycles. The van der Waals surface area contributed by atoms with Gasteiger partial charge in [-0.3, -0.25) is 4.79 Å². The first-order valence-corrected chi connectivity index (χ1v) is 9.56. The highest BCUT2D eigenvalue weighted by atomic mass is 35.5. The normalized spacial score (nSPS) is 12.8. The molecule has 0 aliphatic carbocycles. The molecule has 0 saturated carbocycles. The van der Waals surface area contributed by atoms with Crippen LogP contribution in [0.4, 0.5) is 0 Å². The second-order valence-corrected chi connectivity index (χ2v) is 7.02. The summed E-state index contributed by atoms with van der Waals surface area (Å²) in [7, 11) is 0. The minimum Gasteiger partial charge on any atom is -0.481 e. The number of amides is 1. The quantitative estimate of drug-likeness (QED) is 0.680. The van der Waals surface area contributed by atoms with Crippen LogP contribution in [0.3, 0.4) is 0 Å². The Morgan fingerprint density at radius 3 is 2.46 bits per heavy atom. The van der Waals surface area contributed by atoms with Gasteiger partial charge in [0.2, 0.25) is 0 Å². The summed E-state index contributed by atoms with van der Waals surface area (Å²) in [5.74, 6) is -0.216. The molecular weight excluding hydrogens is 374 g/mol. The van der Waals surface area contributed by atoms with E-state index < -0.39 is 24.0 Å². The van der Waals surface area contributed by atoms with Gasteiger partial charge in [-0.15, -0.1) is 0 Å². The van der Waals surface area contributed by atoms with Gasteiger partial charge in [-0.05, 0) is 30.7 Å². The maximum atomic E-state index is 12.2. The second kappa shape index (κ2) is 10.1. The first-order valence-electron chi connectivity index (χ1n) is 8.03. The van der Waals surface area contributed by atoms with E-state index in [9.17, 15) is 14.7 Å². The molecule has 0 bridgehead atoms. The van der Waals surface area contributed by atoms with Crippen LogP contribution in [0.5, 0.6) is 5.75 Å². The number of para-hydroxylation sites is 1. The Balaban J connectivity index is 1.85. The molecular formula is C19H20ClNO4S. The van der Waals surface area contributed by atoms with E-state index in [1.807, 2.05) is 24.3 Å². The van der Waals surface area contributed by atoms with Crippen molar-refractivity contribution in [2.24, 2.45) is 0 Å². The lowest BCUT2D eigenvalue weighted by Crippen LogP contribution is -2.47. The fraction of sp³-hybridized carbons (Fsp3) is 0.263. The number of halogens is 1. The lowest BCUT2D eigenvalue weighted by molar-refractivity contribution is -0.142. The molecule has 2 atom stereocenters. The van der Waals surface area contributed by atoms with Gasteiger partial charge < -0.3 is 15.2 Å². The lowest BCUT2D eigenvalue weighted by atomic mass is 10.2. The highest BCUT2D eigenvalue weighted by Crippen LogP contribution is 2.21. The smallest absolute Gasteiger partial charge is 0.327 e. The predicted octanol–water partition coefficient (Wildman–Crippen LogP) is 3.61. The topological polar surface area (TPSA) is 75.6 Å². The predicted molar refractivity (Wildman–Crippen MR) is 104 cm³/mol. The van der Waals surface area contributed by atoms with Crippen LogP contribution in [0.2, 0.25) is 5.02 Å². The number of hydrogen-bond donors (Lipinski definition) is 2. The Hall–Kier alpha value is -2.18. The molecule has 7 heteroatoms. The Morgan fingerprint density at radius 1 is 1.15 bits per heavy atom. The number of aliphatic carboxylic acids is 1. The molecule has 5 nitrogen and oxygen atoms in total. The van der Waals surface area contributed by atoms with Crippen LogP contribution >= 0.6 is 23.4 Å². The number of benzene rings is 2. The lowest BCUT2D eigenvalue weighted by Gasteiger charge is -2.19. The van der Waals surface area contributed by atoms with Gasteiger partial charge in [-0.2, -0.15) is 11.8 Å². The maximum Gasteiger partial charge on any atom is 0.327 e. The van der Waals surface area contributed by atoms with Gasteiger partial charge in [0.05, 0.1) is 0 Å². The highest BCUT2D eigenvalue weighted by molar-refractivity contribution is 7.98. The van der Waals surface area contributed by atoms with Crippen molar-refractivity contribution in [3.63, 3.8) is 0 Å². The van der Waals surface area contributed by atoms with Gasteiger partial charge >= 0.3 is 5.97 Å². The first-order chi connectivity index (χ1) is 12.5. The summed E-state index contributed by atoms with van der Waals surface area (Å²) in [4.78, 5) is 23.6. The summed E-state index contributed by atoms with van der Waals surface area (Å²) in [5, 5.41) is 12.5. The van der Waals surface area contributed by atoms with E-state index >= 15 is 0 Å². The van der Waals surface area contributed by atoms with Crippen LogP contribution in [0.15, 0.2) is 54.6 Å². The highest BCUT2D eigenvalue weighted by Gasteiger charge is 2.24. The van der Waals surface area contributed by atoms with Crippen molar-refractivity contribution in [1.29, 1.82) is 0 Å². The SMILES string of the molecule is CC(Oc1ccccc1)C(=O)NC(CSCc1ccccc1Cl)C(=O)O. The zero-order valence-electron chi connectivity index (χ0n) is 14.2. The van der Waals surface area contributed by atoms with E-state index in [1.165, 1.54) is 11.8 Å². The minimum atomic E-state index is -1.09. The molecule has 2 aromatic rings. The summed E-state index contributed by atoms with van der Waals surface area (Å²) in [5.41, 5.74) is 0.926. The molecule has 138 valence electrons. The van der Waals surface area contributed by atoms with E-state index in [0.29, 0.717) is 16.5 Å². The average Bonchev–Trinajstić information content (AvgIpc) is 2.63. The van der Waals surface area contributed by atoms with Crippen molar-refractivity contribution in [3.05, 3.63) is 65.2 Å². The summed E-state index contributed by atoms with van der Waals surface area (Å²) < 4.78 is 5.52. The molecule has 0 spiro atoms. The number of carbonyl (C=O) groups is 2. The van der Waals surface area contributed by atoms with Crippen molar-refractivity contribution < 1.29 is 19.4 Å². The van der Waals surface area contributed by atoms with Crippen molar-refractivity contribution in [2.75, 3.05) is 5.75 Å². The van der Waals surface area contributed by atoms with Gasteiger partial charge in [0.1, 0.15) is 11.8 Å². The minimum absolute atomic E-state index is 0.227. The number of carboxylic acid groups (broad SMARTS) is 1. The number of hydrogen-bond acceptors (Lipinski definition) is 4. The third kappa shape index (κ3) is 6.28. The Labute approximate surface area is 161 Å². The molecule has 26 heavy (non-hydrogen) atoms. The van der Waals surface area contributed by atoms with Crippen molar-refractivity contribution >= 4 is 35.2 Å². The van der Waals surface area contributed by atoms with Gasteiger partial charge in [0, 0.05) is 16.5 Å². The number of nitrogens with one attached hydrogen (secondary N) is 1. The van der Waals surface area contributed by atoms with Gasteiger partial charge in [-0.1, -0.05) is 48.0 Å². The van der Waals surface area contributed by atoms with Gasteiger partial charge in [-0.25, -0.2) is 4.79 Å². The molecule has 2 N–H and O–H groups in total. The second-order valence-electron chi connectivity index (χ2n) is 5.58. The van der Waals surface area contributed by atoms with Crippen LogP contribution in [-0.2, 0) is 15.3 Å². The molecule has 1 amide bonds. The van der Waals surface area contributed by atoms with Crippen molar-refractivity contribution in [1.82, 2.24) is 5.32 Å². The summed E-state index contributed by atoms with van der Waals surface area (Å²) in [6.45, 7) is 1.58. The average molecular weight is 394 g/mol.